The third-order valence-electron chi connectivity index (χ3n) is 6.03. The van der Waals surface area contributed by atoms with Crippen LogP contribution < -0.4 is 10.1 Å². The van der Waals surface area contributed by atoms with E-state index in [4.69, 9.17) is 9.72 Å². The van der Waals surface area contributed by atoms with Crippen LogP contribution in [0.15, 0.2) is 42.7 Å². The summed E-state index contributed by atoms with van der Waals surface area (Å²) in [5, 5.41) is 17.2. The van der Waals surface area contributed by atoms with Gasteiger partial charge in [0.25, 0.3) is 0 Å². The molecule has 0 aliphatic carbocycles. The number of hydrogen-bond acceptors (Lipinski definition) is 5. The Kier molecular flexibility index (Phi) is 7.22. The van der Waals surface area contributed by atoms with Gasteiger partial charge >= 0.3 is 5.97 Å². The minimum absolute atomic E-state index is 0.132. The molecule has 0 saturated heterocycles. The van der Waals surface area contributed by atoms with E-state index in [0.717, 1.165) is 62.3 Å². The Hall–Kier alpha value is -3.42. The second-order valence-corrected chi connectivity index (χ2v) is 8.38. The second kappa shape index (κ2) is 10.5. The Morgan fingerprint density at radius 3 is 2.94 bits per heavy atom. The maximum atomic E-state index is 14.2. The number of carbonyl (C=O) groups is 1. The molecule has 3 heterocycles. The molecule has 1 atom stereocenters. The third kappa shape index (κ3) is 5.69. The molecular weight excluding hydrogens is 423 g/mol. The van der Waals surface area contributed by atoms with Crippen LogP contribution in [0, 0.1) is 5.82 Å². The van der Waals surface area contributed by atoms with Gasteiger partial charge in [0, 0.05) is 30.9 Å². The van der Waals surface area contributed by atoms with Gasteiger partial charge in [-0.05, 0) is 67.0 Å². The fourth-order valence-electron chi connectivity index (χ4n) is 4.27. The number of fused-ring (bicyclic) bond motifs is 1. The van der Waals surface area contributed by atoms with E-state index >= 15 is 0 Å². The largest absolute Gasteiger partial charge is 0.494 e. The molecule has 8 heteroatoms. The highest BCUT2D eigenvalue weighted by Gasteiger charge is 2.21. The lowest BCUT2D eigenvalue weighted by Gasteiger charge is -2.17. The summed E-state index contributed by atoms with van der Waals surface area (Å²) in [5.74, 6) is -0.786. The highest BCUT2D eigenvalue weighted by molar-refractivity contribution is 5.69. The number of nitrogens with zero attached hydrogens (tertiary/aromatic N) is 3. The molecule has 1 aliphatic rings. The van der Waals surface area contributed by atoms with E-state index in [0.29, 0.717) is 5.56 Å². The Morgan fingerprint density at radius 2 is 2.15 bits per heavy atom. The van der Waals surface area contributed by atoms with Crippen molar-refractivity contribution in [1.29, 1.82) is 0 Å². The number of carboxylic acid groups (broad SMARTS) is 1. The highest BCUT2D eigenvalue weighted by atomic mass is 19.1. The van der Waals surface area contributed by atoms with E-state index in [1.54, 1.807) is 12.3 Å². The Labute approximate surface area is 192 Å². The molecule has 0 saturated carbocycles. The van der Waals surface area contributed by atoms with Crippen molar-refractivity contribution < 1.29 is 19.0 Å². The molecule has 0 fully saturated rings. The van der Waals surface area contributed by atoms with E-state index in [-0.39, 0.29) is 12.2 Å². The number of aryl methyl sites for hydroxylation is 3. The van der Waals surface area contributed by atoms with Crippen LogP contribution in [0.25, 0.3) is 0 Å². The lowest BCUT2D eigenvalue weighted by molar-refractivity contribution is -0.137. The molecule has 0 bridgehead atoms. The first-order chi connectivity index (χ1) is 16.0. The molecule has 1 aliphatic heterocycles. The number of pyridine rings is 1. The maximum absolute atomic E-state index is 14.2. The van der Waals surface area contributed by atoms with Gasteiger partial charge in [0.2, 0.25) is 0 Å². The molecule has 2 N–H and O–H groups in total. The minimum Gasteiger partial charge on any atom is -0.494 e. The van der Waals surface area contributed by atoms with Gasteiger partial charge in [-0.25, -0.2) is 9.37 Å². The van der Waals surface area contributed by atoms with Crippen LogP contribution in [0.2, 0.25) is 0 Å². The molecule has 174 valence electrons. The summed E-state index contributed by atoms with van der Waals surface area (Å²) in [6.07, 6.45) is 8.43. The molecule has 1 aromatic carbocycles. The average molecular weight is 453 g/mol. The summed E-state index contributed by atoms with van der Waals surface area (Å²) in [6, 6.07) is 8.85. The van der Waals surface area contributed by atoms with Gasteiger partial charge in [-0.1, -0.05) is 12.1 Å². The van der Waals surface area contributed by atoms with E-state index in [9.17, 15) is 14.3 Å². The van der Waals surface area contributed by atoms with Crippen molar-refractivity contribution in [3.05, 3.63) is 70.9 Å². The number of methoxy groups -OCH3 is 1. The summed E-state index contributed by atoms with van der Waals surface area (Å²) in [6.45, 7) is 1.71. The lowest BCUT2D eigenvalue weighted by atomic mass is 9.90. The zero-order valence-electron chi connectivity index (χ0n) is 18.8. The zero-order valence-corrected chi connectivity index (χ0v) is 18.8. The van der Waals surface area contributed by atoms with Gasteiger partial charge in [-0.15, -0.1) is 0 Å². The summed E-state index contributed by atoms with van der Waals surface area (Å²) in [7, 11) is 1.40. The van der Waals surface area contributed by atoms with Crippen molar-refractivity contribution in [3.8, 4) is 5.75 Å². The summed E-state index contributed by atoms with van der Waals surface area (Å²) in [5.41, 5.74) is 3.72. The van der Waals surface area contributed by atoms with Gasteiger partial charge in [0.1, 0.15) is 5.82 Å². The van der Waals surface area contributed by atoms with Gasteiger partial charge < -0.3 is 15.2 Å². The number of ether oxygens (including phenoxy) is 1. The Morgan fingerprint density at radius 1 is 1.27 bits per heavy atom. The number of anilines is 1. The summed E-state index contributed by atoms with van der Waals surface area (Å²) < 4.78 is 21.0. The third-order valence-corrected chi connectivity index (χ3v) is 6.03. The molecule has 0 spiro atoms. The van der Waals surface area contributed by atoms with Crippen LogP contribution in [0.4, 0.5) is 10.2 Å². The number of aliphatic carboxylic acids is 1. The van der Waals surface area contributed by atoms with Crippen LogP contribution in [0.1, 0.15) is 54.0 Å². The van der Waals surface area contributed by atoms with Crippen molar-refractivity contribution >= 4 is 11.8 Å². The predicted octanol–water partition coefficient (Wildman–Crippen LogP) is 4.41. The van der Waals surface area contributed by atoms with E-state index < -0.39 is 17.7 Å². The maximum Gasteiger partial charge on any atom is 0.304 e. The van der Waals surface area contributed by atoms with Crippen LogP contribution in [-0.2, 0) is 24.2 Å². The zero-order chi connectivity index (χ0) is 23.2. The number of halogens is 1. The number of carboxylic acids is 1. The number of benzene rings is 1. The molecule has 4 rings (SSSR count). The van der Waals surface area contributed by atoms with E-state index in [1.165, 1.54) is 24.8 Å². The molecule has 0 radical (unpaired) electrons. The molecule has 33 heavy (non-hydrogen) atoms. The second-order valence-electron chi connectivity index (χ2n) is 8.38. The highest BCUT2D eigenvalue weighted by Crippen LogP contribution is 2.31. The molecule has 3 aromatic rings. The average Bonchev–Trinajstić information content (AvgIpc) is 3.28. The fourth-order valence-corrected chi connectivity index (χ4v) is 4.27. The smallest absolute Gasteiger partial charge is 0.304 e. The normalized spacial score (nSPS) is 13.8. The van der Waals surface area contributed by atoms with E-state index in [1.807, 2.05) is 10.9 Å². The number of nitrogens with one attached hydrogen (secondary N) is 1. The van der Waals surface area contributed by atoms with Gasteiger partial charge in [-0.3, -0.25) is 9.48 Å². The van der Waals surface area contributed by atoms with Gasteiger partial charge in [-0.2, -0.15) is 5.10 Å². The summed E-state index contributed by atoms with van der Waals surface area (Å²) in [4.78, 5) is 16.2. The van der Waals surface area contributed by atoms with Crippen molar-refractivity contribution in [2.45, 2.75) is 51.0 Å². The predicted molar refractivity (Wildman–Crippen MR) is 123 cm³/mol. The van der Waals surface area contributed by atoms with E-state index in [2.05, 4.69) is 22.5 Å². The molecule has 0 amide bonds. The van der Waals surface area contributed by atoms with Crippen molar-refractivity contribution in [3.63, 3.8) is 0 Å². The van der Waals surface area contributed by atoms with Crippen molar-refractivity contribution in [1.82, 2.24) is 14.8 Å². The molecule has 7 nitrogen and oxygen atoms in total. The molecule has 2 aromatic heterocycles. The van der Waals surface area contributed by atoms with Crippen molar-refractivity contribution in [2.24, 2.45) is 0 Å². The van der Waals surface area contributed by atoms with Gasteiger partial charge in [0.05, 0.1) is 19.7 Å². The SMILES string of the molecule is COc1ccc(C(CC(=O)O)c2cnn(CCCCc3ccc4c(n3)NCCC4)c2)cc1F. The monoisotopic (exact) mass is 452 g/mol. The van der Waals surface area contributed by atoms with Gasteiger partial charge in [0.15, 0.2) is 11.6 Å². The first-order valence-corrected chi connectivity index (χ1v) is 11.3. The first kappa shape index (κ1) is 22.8. The number of aromatic nitrogens is 3. The Balaban J connectivity index is 1.36. The van der Waals surface area contributed by atoms with Crippen LogP contribution in [0.3, 0.4) is 0 Å². The lowest BCUT2D eigenvalue weighted by Crippen LogP contribution is -2.14. The van der Waals surface area contributed by atoms with Crippen LogP contribution in [0.5, 0.6) is 5.75 Å². The summed E-state index contributed by atoms with van der Waals surface area (Å²) >= 11 is 0. The minimum atomic E-state index is -0.948. The standard InChI is InChI=1S/C25H29FN4O3/c1-33-23-10-8-18(13-22(23)26)21(14-24(31)32)19-15-28-30(16-19)12-3-2-6-20-9-7-17-5-4-11-27-25(17)29-20/h7-10,13,15-16,21H,2-6,11-12,14H2,1H3,(H,27,29)(H,31,32). The topological polar surface area (TPSA) is 89.3 Å². The first-order valence-electron chi connectivity index (χ1n) is 11.3. The number of hydrogen-bond donors (Lipinski definition) is 2. The Bertz CT molecular complexity index is 1110. The van der Waals surface area contributed by atoms with Crippen LogP contribution >= 0.6 is 0 Å². The van der Waals surface area contributed by atoms with Crippen molar-refractivity contribution in [2.75, 3.05) is 19.0 Å². The molecular formula is C25H29FN4O3. The fraction of sp³-hybridized carbons (Fsp3) is 0.400. The number of unbranched alkanes of at least 4 members (excludes halogenated alkanes) is 1. The number of rotatable bonds is 10. The quantitative estimate of drug-likeness (QED) is 0.443. The van der Waals surface area contributed by atoms with Crippen LogP contribution in [-0.4, -0.2) is 39.5 Å². The molecule has 1 unspecified atom stereocenters.